The fourth-order valence-corrected chi connectivity index (χ4v) is 2.93. The molecule has 0 nitrogen and oxygen atoms in total. The number of hydrogen-bond donors (Lipinski definition) is 0. The molecule has 0 heterocycles. The van der Waals surface area contributed by atoms with Crippen LogP contribution in [0.2, 0.25) is 10.0 Å². The van der Waals surface area contributed by atoms with Crippen molar-refractivity contribution in [1.82, 2.24) is 0 Å². The van der Waals surface area contributed by atoms with Crippen molar-refractivity contribution in [2.24, 2.45) is 0 Å². The van der Waals surface area contributed by atoms with E-state index >= 15 is 0 Å². The van der Waals surface area contributed by atoms with Crippen molar-refractivity contribution in [3.63, 3.8) is 0 Å². The van der Waals surface area contributed by atoms with Gasteiger partial charge in [0, 0.05) is 20.8 Å². The normalized spacial score (nSPS) is 12.7. The first-order valence-corrected chi connectivity index (χ1v) is 7.40. The van der Waals surface area contributed by atoms with Gasteiger partial charge in [0.05, 0.1) is 0 Å². The summed E-state index contributed by atoms with van der Waals surface area (Å²) in [6.07, 6.45) is 0. The van der Waals surface area contributed by atoms with Gasteiger partial charge in [0.1, 0.15) is 0 Å². The third-order valence-electron chi connectivity index (χ3n) is 2.92. The molecule has 0 aromatic heterocycles. The topological polar surface area (TPSA) is 0 Å². The zero-order valence-electron chi connectivity index (χ0n) is 9.91. The summed E-state index contributed by atoms with van der Waals surface area (Å²) in [5, 5.41) is 1.52. The highest BCUT2D eigenvalue weighted by molar-refractivity contribution is 9.09. The Kier molecular flexibility index (Phi) is 4.71. The number of alkyl halides is 1. The van der Waals surface area contributed by atoms with Crippen LogP contribution in [0.4, 0.5) is 0 Å². The minimum Gasteiger partial charge on any atom is -0.0883 e. The summed E-state index contributed by atoms with van der Waals surface area (Å²) >= 11 is 15.6. The van der Waals surface area contributed by atoms with Crippen molar-refractivity contribution >= 4 is 39.1 Å². The maximum absolute atomic E-state index is 5.93. The molecule has 0 fully saturated rings. The first-order valence-electron chi connectivity index (χ1n) is 5.73. The lowest BCUT2D eigenvalue weighted by Gasteiger charge is -2.21. The summed E-state index contributed by atoms with van der Waals surface area (Å²) < 4.78 is 0. The van der Waals surface area contributed by atoms with E-state index < -0.39 is 0 Å². The van der Waals surface area contributed by atoms with Crippen LogP contribution in [0.15, 0.2) is 48.5 Å². The van der Waals surface area contributed by atoms with E-state index in [-0.39, 0.29) is 0 Å². The van der Waals surface area contributed by atoms with Crippen molar-refractivity contribution in [3.05, 3.63) is 69.7 Å². The lowest BCUT2D eigenvalue weighted by atomic mass is 9.89. The zero-order valence-corrected chi connectivity index (χ0v) is 13.0. The molecule has 2 aromatic rings. The maximum Gasteiger partial charge on any atom is 0.0406 e. The summed E-state index contributed by atoms with van der Waals surface area (Å²) in [6, 6.07) is 16.0. The van der Waals surface area contributed by atoms with Crippen LogP contribution < -0.4 is 0 Å². The molecule has 2 aromatic carbocycles. The molecule has 2 rings (SSSR count). The molecule has 0 bridgehead atoms. The summed E-state index contributed by atoms with van der Waals surface area (Å²) in [4.78, 5) is 0.333. The van der Waals surface area contributed by atoms with Gasteiger partial charge in [-0.3, -0.25) is 0 Å². The van der Waals surface area contributed by atoms with Crippen LogP contribution in [-0.2, 0) is 0 Å². The second kappa shape index (κ2) is 6.10. The highest BCUT2D eigenvalue weighted by Gasteiger charge is 2.19. The van der Waals surface area contributed by atoms with Crippen LogP contribution in [0.1, 0.15) is 24.0 Å². The molecule has 0 saturated heterocycles. The lowest BCUT2D eigenvalue weighted by Crippen LogP contribution is -2.10. The maximum atomic E-state index is 5.93. The molecule has 0 aliphatic carbocycles. The third-order valence-corrected chi connectivity index (χ3v) is 3.95. The standard InChI is InChI=1S/C15H13BrCl2/c1-10(16)15(11-2-6-13(17)7-3-11)12-4-8-14(18)9-5-12/h2-10,15H,1H3. The van der Waals surface area contributed by atoms with E-state index in [2.05, 4.69) is 47.1 Å². The van der Waals surface area contributed by atoms with Crippen LogP contribution in [0.25, 0.3) is 0 Å². The van der Waals surface area contributed by atoms with Crippen LogP contribution in [0.3, 0.4) is 0 Å². The molecule has 0 N–H and O–H groups in total. The molecule has 0 aliphatic rings. The number of benzene rings is 2. The molecule has 94 valence electrons. The molecular formula is C15H13BrCl2. The van der Waals surface area contributed by atoms with Gasteiger partial charge >= 0.3 is 0 Å². The Morgan fingerprint density at radius 1 is 0.778 bits per heavy atom. The minimum atomic E-state index is 0.291. The third kappa shape index (κ3) is 3.28. The molecule has 18 heavy (non-hydrogen) atoms. The van der Waals surface area contributed by atoms with E-state index in [1.54, 1.807) is 0 Å². The molecule has 0 aliphatic heterocycles. The average molecular weight is 344 g/mol. The van der Waals surface area contributed by atoms with Gasteiger partial charge in [-0.25, -0.2) is 0 Å². The summed E-state index contributed by atoms with van der Waals surface area (Å²) in [5.41, 5.74) is 2.48. The van der Waals surface area contributed by atoms with Crippen molar-refractivity contribution in [2.45, 2.75) is 17.7 Å². The molecule has 0 saturated carbocycles. The second-order valence-electron chi connectivity index (χ2n) is 4.26. The predicted octanol–water partition coefficient (Wildman–Crippen LogP) is 5.91. The van der Waals surface area contributed by atoms with E-state index in [4.69, 9.17) is 23.2 Å². The predicted molar refractivity (Wildman–Crippen MR) is 83.1 cm³/mol. The molecule has 3 heteroatoms. The van der Waals surface area contributed by atoms with E-state index in [1.165, 1.54) is 11.1 Å². The summed E-state index contributed by atoms with van der Waals surface area (Å²) in [5.74, 6) is 0.291. The Morgan fingerprint density at radius 2 is 1.11 bits per heavy atom. The van der Waals surface area contributed by atoms with Gasteiger partial charge in [0.2, 0.25) is 0 Å². The quantitative estimate of drug-likeness (QED) is 0.608. The Morgan fingerprint density at radius 3 is 1.39 bits per heavy atom. The fourth-order valence-electron chi connectivity index (χ4n) is 2.06. The highest BCUT2D eigenvalue weighted by atomic mass is 79.9. The van der Waals surface area contributed by atoms with Gasteiger partial charge in [0.25, 0.3) is 0 Å². The van der Waals surface area contributed by atoms with E-state index in [0.29, 0.717) is 10.7 Å². The van der Waals surface area contributed by atoms with Crippen molar-refractivity contribution in [2.75, 3.05) is 0 Å². The van der Waals surface area contributed by atoms with Gasteiger partial charge in [-0.05, 0) is 35.4 Å². The van der Waals surface area contributed by atoms with Crippen LogP contribution in [-0.4, -0.2) is 4.83 Å². The molecule has 0 spiro atoms. The van der Waals surface area contributed by atoms with Crippen molar-refractivity contribution in [3.8, 4) is 0 Å². The fraction of sp³-hybridized carbons (Fsp3) is 0.200. The molecule has 0 radical (unpaired) electrons. The van der Waals surface area contributed by atoms with E-state index in [0.717, 1.165) is 10.0 Å². The average Bonchev–Trinajstić information content (AvgIpc) is 2.34. The molecular weight excluding hydrogens is 331 g/mol. The van der Waals surface area contributed by atoms with Crippen LogP contribution >= 0.6 is 39.1 Å². The van der Waals surface area contributed by atoms with E-state index in [9.17, 15) is 0 Å². The monoisotopic (exact) mass is 342 g/mol. The summed E-state index contributed by atoms with van der Waals surface area (Å²) in [6.45, 7) is 2.15. The zero-order chi connectivity index (χ0) is 13.1. The highest BCUT2D eigenvalue weighted by Crippen LogP contribution is 2.33. The minimum absolute atomic E-state index is 0.291. The second-order valence-corrected chi connectivity index (χ2v) is 6.58. The largest absolute Gasteiger partial charge is 0.0883 e. The molecule has 1 unspecified atom stereocenters. The Hall–Kier alpha value is -0.500. The van der Waals surface area contributed by atoms with Gasteiger partial charge in [0.15, 0.2) is 0 Å². The molecule has 1 atom stereocenters. The SMILES string of the molecule is CC(Br)C(c1ccc(Cl)cc1)c1ccc(Cl)cc1. The van der Waals surface area contributed by atoms with Crippen molar-refractivity contribution < 1.29 is 0 Å². The van der Waals surface area contributed by atoms with Crippen LogP contribution in [0.5, 0.6) is 0 Å². The number of rotatable bonds is 3. The van der Waals surface area contributed by atoms with Gasteiger partial charge < -0.3 is 0 Å². The van der Waals surface area contributed by atoms with Gasteiger partial charge in [-0.15, -0.1) is 0 Å². The summed E-state index contributed by atoms with van der Waals surface area (Å²) in [7, 11) is 0. The van der Waals surface area contributed by atoms with Crippen LogP contribution in [0, 0.1) is 0 Å². The van der Waals surface area contributed by atoms with Crippen molar-refractivity contribution in [1.29, 1.82) is 0 Å². The first kappa shape index (κ1) is 13.9. The molecule has 0 amide bonds. The van der Waals surface area contributed by atoms with E-state index in [1.807, 2.05) is 24.3 Å². The van der Waals surface area contributed by atoms with Gasteiger partial charge in [-0.2, -0.15) is 0 Å². The first-order chi connectivity index (χ1) is 8.58. The Bertz CT molecular complexity index is 458. The Balaban J connectivity index is 2.39. The smallest absolute Gasteiger partial charge is 0.0406 e. The van der Waals surface area contributed by atoms with Gasteiger partial charge in [-0.1, -0.05) is 70.3 Å². The number of halogens is 3. The number of hydrogen-bond acceptors (Lipinski definition) is 0. The lowest BCUT2D eigenvalue weighted by molar-refractivity contribution is 0.807. The Labute approximate surface area is 126 Å².